The quantitative estimate of drug-likeness (QED) is 0.891. The van der Waals surface area contributed by atoms with Crippen LogP contribution in [0.5, 0.6) is 0 Å². The van der Waals surface area contributed by atoms with Gasteiger partial charge in [-0.25, -0.2) is 9.47 Å². The first-order valence-electron chi connectivity index (χ1n) is 6.82. The van der Waals surface area contributed by atoms with Crippen LogP contribution in [-0.2, 0) is 4.74 Å². The molecule has 1 aromatic carbocycles. The van der Waals surface area contributed by atoms with Crippen LogP contribution in [0.4, 0.5) is 0 Å². The summed E-state index contributed by atoms with van der Waals surface area (Å²) in [5.74, 6) is -1.02. The molecule has 0 saturated carbocycles. The summed E-state index contributed by atoms with van der Waals surface area (Å²) in [5.41, 5.74) is 0.444. The van der Waals surface area contributed by atoms with Crippen molar-refractivity contribution in [1.82, 2.24) is 4.68 Å². The van der Waals surface area contributed by atoms with Crippen molar-refractivity contribution in [3.8, 4) is 0 Å². The maximum atomic E-state index is 12.7. The van der Waals surface area contributed by atoms with Crippen molar-refractivity contribution in [2.45, 2.75) is 6.92 Å². The highest BCUT2D eigenvalue weighted by Crippen LogP contribution is 2.19. The number of carboxylic acid groups (broad SMARTS) is 1. The fourth-order valence-electron chi connectivity index (χ4n) is 2.82. The zero-order valence-corrected chi connectivity index (χ0v) is 11.7. The van der Waals surface area contributed by atoms with Crippen LogP contribution in [-0.4, -0.2) is 42.1 Å². The number of aromatic carboxylic acids is 1. The van der Waals surface area contributed by atoms with Crippen molar-refractivity contribution < 1.29 is 14.6 Å². The number of carboxylic acids is 1. The second-order valence-electron chi connectivity index (χ2n) is 4.99. The highest BCUT2D eigenvalue weighted by molar-refractivity contribution is 6.04. The first kappa shape index (κ1) is 13.6. The number of pyridine rings is 1. The zero-order valence-electron chi connectivity index (χ0n) is 11.7. The molecule has 0 radical (unpaired) electrons. The zero-order chi connectivity index (χ0) is 15.0. The Labute approximate surface area is 121 Å². The number of hydrogen-bond donors (Lipinski definition) is 1. The molecule has 2 aromatic rings. The van der Waals surface area contributed by atoms with Crippen molar-refractivity contribution >= 4 is 16.7 Å². The van der Waals surface area contributed by atoms with Crippen LogP contribution in [0.15, 0.2) is 29.1 Å². The third-order valence-corrected chi connectivity index (χ3v) is 3.78. The van der Waals surface area contributed by atoms with Gasteiger partial charge in [0.15, 0.2) is 0 Å². The lowest BCUT2D eigenvalue weighted by Crippen LogP contribution is -2.50. The molecule has 1 aliphatic rings. The van der Waals surface area contributed by atoms with E-state index in [9.17, 15) is 14.7 Å². The van der Waals surface area contributed by atoms with Gasteiger partial charge >= 0.3 is 5.97 Å². The number of hydrogen-bond acceptors (Lipinski definition) is 4. The number of fused-ring (bicyclic) bond motifs is 1. The predicted octanol–water partition coefficient (Wildman–Crippen LogP) is 0.976. The van der Waals surface area contributed by atoms with E-state index in [1.165, 1.54) is 4.68 Å². The van der Waals surface area contributed by atoms with E-state index < -0.39 is 5.97 Å². The van der Waals surface area contributed by atoms with Gasteiger partial charge in [0.25, 0.3) is 5.56 Å². The lowest BCUT2D eigenvalue weighted by atomic mass is 10.0. The highest BCUT2D eigenvalue weighted by Gasteiger charge is 2.22. The number of benzene rings is 1. The smallest absolute Gasteiger partial charge is 0.338 e. The second-order valence-corrected chi connectivity index (χ2v) is 4.99. The molecule has 1 saturated heterocycles. The number of ether oxygens (including phenoxy) is 1. The molecule has 110 valence electrons. The van der Waals surface area contributed by atoms with Gasteiger partial charge in [-0.1, -0.05) is 18.2 Å². The van der Waals surface area contributed by atoms with E-state index in [-0.39, 0.29) is 11.1 Å². The molecule has 6 nitrogen and oxygen atoms in total. The summed E-state index contributed by atoms with van der Waals surface area (Å²) < 4.78 is 6.77. The molecule has 3 rings (SSSR count). The summed E-state index contributed by atoms with van der Waals surface area (Å²) in [5, 5.41) is 12.3. The Morgan fingerprint density at radius 1 is 1.19 bits per heavy atom. The van der Waals surface area contributed by atoms with Crippen molar-refractivity contribution in [1.29, 1.82) is 0 Å². The number of aromatic nitrogens is 1. The minimum absolute atomic E-state index is 0.177. The topological polar surface area (TPSA) is 71.8 Å². The van der Waals surface area contributed by atoms with Gasteiger partial charge in [-0.15, -0.1) is 0 Å². The van der Waals surface area contributed by atoms with Gasteiger partial charge in [-0.05, 0) is 13.0 Å². The van der Waals surface area contributed by atoms with Crippen molar-refractivity contribution in [2.24, 2.45) is 0 Å². The molecule has 0 amide bonds. The summed E-state index contributed by atoms with van der Waals surface area (Å²) in [6.07, 6.45) is 0. The van der Waals surface area contributed by atoms with Crippen LogP contribution in [0.2, 0.25) is 0 Å². The lowest BCUT2D eigenvalue weighted by molar-refractivity contribution is 0.0696. The van der Waals surface area contributed by atoms with E-state index in [0.29, 0.717) is 42.8 Å². The third kappa shape index (κ3) is 2.17. The van der Waals surface area contributed by atoms with Gasteiger partial charge < -0.3 is 14.9 Å². The molecule has 0 bridgehead atoms. The predicted molar refractivity (Wildman–Crippen MR) is 78.7 cm³/mol. The maximum absolute atomic E-state index is 12.7. The monoisotopic (exact) mass is 288 g/mol. The average Bonchev–Trinajstić information content (AvgIpc) is 2.48. The number of rotatable bonds is 2. The molecule has 0 aliphatic carbocycles. The number of nitrogens with zero attached hydrogens (tertiary/aromatic N) is 2. The minimum Gasteiger partial charge on any atom is -0.478 e. The van der Waals surface area contributed by atoms with E-state index in [0.717, 1.165) is 0 Å². The SMILES string of the molecule is Cc1c(C(=O)O)c2ccccc2c(=O)n1N1CCOCC1. The fourth-order valence-corrected chi connectivity index (χ4v) is 2.82. The molecule has 6 heteroatoms. The first-order chi connectivity index (χ1) is 10.1. The van der Waals surface area contributed by atoms with E-state index >= 15 is 0 Å². The normalized spacial score (nSPS) is 15.4. The summed E-state index contributed by atoms with van der Waals surface area (Å²) in [4.78, 5) is 24.3. The van der Waals surface area contributed by atoms with Gasteiger partial charge in [0.1, 0.15) is 0 Å². The van der Waals surface area contributed by atoms with Gasteiger partial charge in [0.05, 0.1) is 37.6 Å². The van der Waals surface area contributed by atoms with Crippen molar-refractivity contribution in [3.05, 3.63) is 45.9 Å². The summed E-state index contributed by atoms with van der Waals surface area (Å²) >= 11 is 0. The van der Waals surface area contributed by atoms with Gasteiger partial charge in [0, 0.05) is 10.8 Å². The molecule has 1 aliphatic heterocycles. The maximum Gasteiger partial charge on any atom is 0.338 e. The van der Waals surface area contributed by atoms with Crippen molar-refractivity contribution in [3.63, 3.8) is 0 Å². The molecule has 21 heavy (non-hydrogen) atoms. The van der Waals surface area contributed by atoms with Gasteiger partial charge in [0.2, 0.25) is 0 Å². The number of carbonyl (C=O) groups is 1. The average molecular weight is 288 g/mol. The summed E-state index contributed by atoms with van der Waals surface area (Å²) in [7, 11) is 0. The van der Waals surface area contributed by atoms with Crippen LogP contribution < -0.4 is 10.6 Å². The minimum atomic E-state index is -1.02. The second kappa shape index (κ2) is 5.21. The Bertz CT molecular complexity index is 760. The third-order valence-electron chi connectivity index (χ3n) is 3.78. The number of morpholine rings is 1. The van der Waals surface area contributed by atoms with Crippen LogP contribution in [0.1, 0.15) is 16.1 Å². The fraction of sp³-hybridized carbons (Fsp3) is 0.333. The lowest BCUT2D eigenvalue weighted by Gasteiger charge is -2.32. The molecular formula is C15H16N2O4. The van der Waals surface area contributed by atoms with Crippen molar-refractivity contribution in [2.75, 3.05) is 31.3 Å². The van der Waals surface area contributed by atoms with E-state index in [4.69, 9.17) is 4.74 Å². The standard InChI is InChI=1S/C15H16N2O4/c1-10-13(15(19)20)11-4-2-3-5-12(11)14(18)17(10)16-6-8-21-9-7-16/h2-5H,6-9H2,1H3,(H,19,20). The molecule has 0 unspecified atom stereocenters. The van der Waals surface area contributed by atoms with Crippen LogP contribution >= 0.6 is 0 Å². The largest absolute Gasteiger partial charge is 0.478 e. The molecule has 1 N–H and O–H groups in total. The Morgan fingerprint density at radius 2 is 1.81 bits per heavy atom. The van der Waals surface area contributed by atoms with Crippen LogP contribution in [0, 0.1) is 6.92 Å². The highest BCUT2D eigenvalue weighted by atomic mass is 16.5. The molecule has 1 aromatic heterocycles. The van der Waals surface area contributed by atoms with Crippen LogP contribution in [0.25, 0.3) is 10.8 Å². The first-order valence-corrected chi connectivity index (χ1v) is 6.82. The Balaban J connectivity index is 2.34. The molecule has 0 spiro atoms. The van der Waals surface area contributed by atoms with E-state index in [1.54, 1.807) is 31.2 Å². The molecule has 2 heterocycles. The molecule has 1 fully saturated rings. The van der Waals surface area contributed by atoms with E-state index in [2.05, 4.69) is 0 Å². The van der Waals surface area contributed by atoms with Gasteiger partial charge in [-0.3, -0.25) is 4.79 Å². The van der Waals surface area contributed by atoms with Crippen LogP contribution in [0.3, 0.4) is 0 Å². The van der Waals surface area contributed by atoms with Gasteiger partial charge in [-0.2, -0.15) is 0 Å². The Morgan fingerprint density at radius 3 is 2.43 bits per heavy atom. The Hall–Kier alpha value is -2.34. The molecular weight excluding hydrogens is 272 g/mol. The summed E-state index contributed by atoms with van der Waals surface area (Å²) in [6, 6.07) is 6.83. The molecule has 0 atom stereocenters. The Kier molecular flexibility index (Phi) is 3.39. The van der Waals surface area contributed by atoms with E-state index in [1.807, 2.05) is 5.01 Å². The summed E-state index contributed by atoms with van der Waals surface area (Å²) in [6.45, 7) is 3.87.